The second-order valence-corrected chi connectivity index (χ2v) is 9.20. The standard InChI is InChI=1S/C23H25N7O/c1-13-8-18(28-30-12-15(3)26-21(13)30)20-24-10-17-19(27-20)14(2)11-29(22(17)31)16-4-7-25-23(9-16)5-6-23/h8,10-12,16,25H,4-7,9H2,1-3H3. The van der Waals surface area contributed by atoms with Gasteiger partial charge >= 0.3 is 0 Å². The van der Waals surface area contributed by atoms with E-state index in [0.29, 0.717) is 22.4 Å². The average Bonchev–Trinajstić information content (AvgIpc) is 3.38. The SMILES string of the molecule is Cc1cn2nc(-c3ncc4c(=O)n(C5CCNC6(CC6)C5)cc(C)c4n3)cc(C)c2n1. The highest BCUT2D eigenvalue weighted by atomic mass is 16.1. The number of aromatic nitrogens is 6. The van der Waals surface area contributed by atoms with Crippen molar-refractivity contribution < 1.29 is 0 Å². The first-order valence-corrected chi connectivity index (χ1v) is 10.9. The van der Waals surface area contributed by atoms with Gasteiger partial charge < -0.3 is 9.88 Å². The highest BCUT2D eigenvalue weighted by Gasteiger charge is 2.46. The molecule has 2 aliphatic rings. The Morgan fingerprint density at radius 2 is 1.97 bits per heavy atom. The molecule has 6 rings (SSSR count). The van der Waals surface area contributed by atoms with Crippen molar-refractivity contribution >= 4 is 16.6 Å². The number of hydrogen-bond acceptors (Lipinski definition) is 6. The molecule has 1 N–H and O–H groups in total. The molecule has 158 valence electrons. The Labute approximate surface area is 179 Å². The Hall–Kier alpha value is -3.13. The molecule has 1 saturated heterocycles. The van der Waals surface area contributed by atoms with Gasteiger partial charge in [0.1, 0.15) is 5.69 Å². The first kappa shape index (κ1) is 18.6. The zero-order valence-corrected chi connectivity index (χ0v) is 18.0. The summed E-state index contributed by atoms with van der Waals surface area (Å²) in [5, 5.41) is 8.84. The molecule has 1 aliphatic heterocycles. The molecule has 0 radical (unpaired) electrons. The van der Waals surface area contributed by atoms with E-state index >= 15 is 0 Å². The van der Waals surface area contributed by atoms with Gasteiger partial charge in [-0.25, -0.2) is 19.5 Å². The van der Waals surface area contributed by atoms with Crippen molar-refractivity contribution in [3.63, 3.8) is 0 Å². The number of nitrogens with one attached hydrogen (secondary N) is 1. The lowest BCUT2D eigenvalue weighted by Crippen LogP contribution is -2.42. The van der Waals surface area contributed by atoms with Crippen molar-refractivity contribution in [3.8, 4) is 11.5 Å². The first-order chi connectivity index (χ1) is 14.9. The molecule has 0 amide bonds. The van der Waals surface area contributed by atoms with E-state index < -0.39 is 0 Å². The van der Waals surface area contributed by atoms with Crippen LogP contribution in [0, 0.1) is 20.8 Å². The third-order valence-electron chi connectivity index (χ3n) is 6.77. The van der Waals surface area contributed by atoms with Crippen LogP contribution in [-0.2, 0) is 0 Å². The van der Waals surface area contributed by atoms with Gasteiger partial charge in [-0.3, -0.25) is 4.79 Å². The fourth-order valence-corrected chi connectivity index (χ4v) is 4.95. The molecule has 8 nitrogen and oxygen atoms in total. The molecule has 1 saturated carbocycles. The molecule has 2 fully saturated rings. The van der Waals surface area contributed by atoms with E-state index in [1.807, 2.05) is 43.8 Å². The first-order valence-electron chi connectivity index (χ1n) is 10.9. The predicted octanol–water partition coefficient (Wildman–Crippen LogP) is 2.88. The lowest BCUT2D eigenvalue weighted by atomic mass is 9.96. The van der Waals surface area contributed by atoms with Crippen LogP contribution in [0.1, 0.15) is 48.5 Å². The second kappa shape index (κ2) is 6.43. The monoisotopic (exact) mass is 415 g/mol. The summed E-state index contributed by atoms with van der Waals surface area (Å²) in [6.07, 6.45) is 9.95. The largest absolute Gasteiger partial charge is 0.311 e. The number of hydrogen-bond donors (Lipinski definition) is 1. The summed E-state index contributed by atoms with van der Waals surface area (Å²) in [7, 11) is 0. The van der Waals surface area contributed by atoms with E-state index in [2.05, 4.69) is 20.4 Å². The van der Waals surface area contributed by atoms with Gasteiger partial charge in [0.25, 0.3) is 5.56 Å². The van der Waals surface area contributed by atoms with Gasteiger partial charge in [0, 0.05) is 24.0 Å². The van der Waals surface area contributed by atoms with E-state index in [4.69, 9.17) is 4.98 Å². The van der Waals surface area contributed by atoms with Crippen LogP contribution < -0.4 is 10.9 Å². The number of pyridine rings is 1. The van der Waals surface area contributed by atoms with Crippen LogP contribution in [-0.4, -0.2) is 41.2 Å². The van der Waals surface area contributed by atoms with Gasteiger partial charge in [0.2, 0.25) is 0 Å². The Balaban J connectivity index is 1.45. The van der Waals surface area contributed by atoms with Crippen LogP contribution >= 0.6 is 0 Å². The Morgan fingerprint density at radius 3 is 2.77 bits per heavy atom. The summed E-state index contributed by atoms with van der Waals surface area (Å²) in [5.41, 5.74) is 5.36. The molecule has 0 bridgehead atoms. The van der Waals surface area contributed by atoms with Crippen LogP contribution in [0.2, 0.25) is 0 Å². The number of nitrogens with zero attached hydrogens (tertiary/aromatic N) is 6. The van der Waals surface area contributed by atoms with Gasteiger partial charge in [0.15, 0.2) is 11.5 Å². The summed E-state index contributed by atoms with van der Waals surface area (Å²) in [4.78, 5) is 27.1. The number of piperidine rings is 1. The van der Waals surface area contributed by atoms with Crippen molar-refractivity contribution in [2.24, 2.45) is 0 Å². The van der Waals surface area contributed by atoms with Gasteiger partial charge in [0.05, 0.1) is 22.8 Å². The minimum Gasteiger partial charge on any atom is -0.311 e. The van der Waals surface area contributed by atoms with E-state index in [1.54, 1.807) is 10.7 Å². The van der Waals surface area contributed by atoms with E-state index in [1.165, 1.54) is 12.8 Å². The molecule has 1 unspecified atom stereocenters. The van der Waals surface area contributed by atoms with Crippen LogP contribution in [0.25, 0.3) is 28.1 Å². The topological polar surface area (TPSA) is 90.0 Å². The number of rotatable bonds is 2. The van der Waals surface area contributed by atoms with Gasteiger partial charge in [-0.05, 0) is 70.2 Å². The zero-order valence-electron chi connectivity index (χ0n) is 18.0. The molecule has 5 heterocycles. The third kappa shape index (κ3) is 2.96. The van der Waals surface area contributed by atoms with Crippen LogP contribution in [0.4, 0.5) is 0 Å². The smallest absolute Gasteiger partial charge is 0.261 e. The summed E-state index contributed by atoms with van der Waals surface area (Å²) in [5.74, 6) is 0.517. The molecular weight excluding hydrogens is 390 g/mol. The maximum absolute atomic E-state index is 13.3. The van der Waals surface area contributed by atoms with Crippen molar-refractivity contribution in [1.29, 1.82) is 0 Å². The molecule has 1 atom stereocenters. The number of imidazole rings is 1. The molecule has 4 aromatic rings. The van der Waals surface area contributed by atoms with Crippen LogP contribution in [0.5, 0.6) is 0 Å². The molecule has 1 spiro atoms. The van der Waals surface area contributed by atoms with Gasteiger partial charge in [-0.1, -0.05) is 0 Å². The molecule has 4 aromatic heterocycles. The van der Waals surface area contributed by atoms with Crippen LogP contribution in [0.15, 0.2) is 29.5 Å². The minimum absolute atomic E-state index is 0.000300. The predicted molar refractivity (Wildman–Crippen MR) is 118 cm³/mol. The molecule has 0 aromatic carbocycles. The Kier molecular flexibility index (Phi) is 3.87. The number of fused-ring (bicyclic) bond motifs is 2. The van der Waals surface area contributed by atoms with Crippen molar-refractivity contribution in [2.45, 2.75) is 58.0 Å². The second-order valence-electron chi connectivity index (χ2n) is 9.20. The van der Waals surface area contributed by atoms with Crippen molar-refractivity contribution in [1.82, 2.24) is 34.4 Å². The quantitative estimate of drug-likeness (QED) is 0.541. The third-order valence-corrected chi connectivity index (χ3v) is 6.77. The molecule has 31 heavy (non-hydrogen) atoms. The lowest BCUT2D eigenvalue weighted by Gasteiger charge is -2.32. The summed E-state index contributed by atoms with van der Waals surface area (Å²) in [6, 6.07) is 2.18. The maximum Gasteiger partial charge on any atom is 0.261 e. The normalized spacial score (nSPS) is 20.0. The molecule has 1 aliphatic carbocycles. The summed E-state index contributed by atoms with van der Waals surface area (Å²) in [6.45, 7) is 6.93. The van der Waals surface area contributed by atoms with Gasteiger partial charge in [-0.15, -0.1) is 0 Å². The fraction of sp³-hybridized carbons (Fsp3) is 0.435. The Morgan fingerprint density at radius 1 is 1.13 bits per heavy atom. The summed E-state index contributed by atoms with van der Waals surface area (Å²) >= 11 is 0. The van der Waals surface area contributed by atoms with E-state index in [9.17, 15) is 4.79 Å². The average molecular weight is 416 g/mol. The zero-order chi connectivity index (χ0) is 21.3. The highest BCUT2D eigenvalue weighted by Crippen LogP contribution is 2.45. The van der Waals surface area contributed by atoms with Crippen molar-refractivity contribution in [2.75, 3.05) is 6.54 Å². The lowest BCUT2D eigenvalue weighted by molar-refractivity contribution is 0.282. The minimum atomic E-state index is -0.000300. The summed E-state index contributed by atoms with van der Waals surface area (Å²) < 4.78 is 3.69. The van der Waals surface area contributed by atoms with Gasteiger partial charge in [-0.2, -0.15) is 5.10 Å². The van der Waals surface area contributed by atoms with E-state index in [0.717, 1.165) is 41.9 Å². The maximum atomic E-state index is 13.3. The molecular formula is C23H25N7O. The number of aryl methyl sites for hydroxylation is 3. The highest BCUT2D eigenvalue weighted by molar-refractivity contribution is 5.81. The Bertz CT molecular complexity index is 1410. The van der Waals surface area contributed by atoms with Crippen molar-refractivity contribution in [3.05, 3.63) is 51.8 Å². The van der Waals surface area contributed by atoms with E-state index in [-0.39, 0.29) is 17.1 Å². The fourth-order valence-electron chi connectivity index (χ4n) is 4.95. The van der Waals surface area contributed by atoms with Crippen LogP contribution in [0.3, 0.4) is 0 Å². The molecule has 8 heteroatoms.